The van der Waals surface area contributed by atoms with Crippen LogP contribution in [0.1, 0.15) is 49.1 Å². The molecule has 106 valence electrons. The van der Waals surface area contributed by atoms with Crippen LogP contribution in [0.3, 0.4) is 0 Å². The van der Waals surface area contributed by atoms with Gasteiger partial charge in [-0.3, -0.25) is 0 Å². The Morgan fingerprint density at radius 1 is 1.50 bits per heavy atom. The summed E-state index contributed by atoms with van der Waals surface area (Å²) < 4.78 is 10.7. The van der Waals surface area contributed by atoms with Gasteiger partial charge in [-0.1, -0.05) is 22.8 Å². The minimum absolute atomic E-state index is 0.212. The number of benzene rings is 1. The third-order valence-corrected chi connectivity index (χ3v) is 3.50. The van der Waals surface area contributed by atoms with Crippen LogP contribution in [0.5, 0.6) is 5.75 Å². The Morgan fingerprint density at radius 3 is 2.95 bits per heavy atom. The van der Waals surface area contributed by atoms with Crippen molar-refractivity contribution in [1.82, 2.24) is 10.1 Å². The number of aliphatic hydroxyl groups excluding tert-OH is 1. The molecule has 1 atom stereocenters. The molecule has 20 heavy (non-hydrogen) atoms. The van der Waals surface area contributed by atoms with Crippen molar-refractivity contribution in [3.05, 3.63) is 40.5 Å². The smallest absolute Gasteiger partial charge is 0.229 e. The van der Waals surface area contributed by atoms with Crippen LogP contribution >= 0.6 is 11.6 Å². The minimum Gasteiger partial charge on any atom is -0.484 e. The van der Waals surface area contributed by atoms with E-state index in [1.165, 1.54) is 0 Å². The lowest BCUT2D eigenvalue weighted by molar-refractivity contribution is 0.199. The molecule has 1 saturated carbocycles. The minimum atomic E-state index is -0.556. The van der Waals surface area contributed by atoms with E-state index in [1.807, 2.05) is 0 Å². The monoisotopic (exact) mass is 294 g/mol. The van der Waals surface area contributed by atoms with Gasteiger partial charge in [0.25, 0.3) is 0 Å². The van der Waals surface area contributed by atoms with Crippen molar-refractivity contribution in [3.63, 3.8) is 0 Å². The van der Waals surface area contributed by atoms with Crippen molar-refractivity contribution in [1.29, 1.82) is 0 Å². The quantitative estimate of drug-likeness (QED) is 0.917. The lowest BCUT2D eigenvalue weighted by Crippen LogP contribution is -1.99. The van der Waals surface area contributed by atoms with Gasteiger partial charge in [-0.25, -0.2) is 0 Å². The van der Waals surface area contributed by atoms with Crippen LogP contribution in [0.15, 0.2) is 22.7 Å². The maximum Gasteiger partial charge on any atom is 0.229 e. The number of hydrogen-bond acceptors (Lipinski definition) is 5. The summed E-state index contributed by atoms with van der Waals surface area (Å²) in [4.78, 5) is 4.28. The van der Waals surface area contributed by atoms with E-state index in [0.29, 0.717) is 28.4 Å². The van der Waals surface area contributed by atoms with Crippen molar-refractivity contribution < 1.29 is 14.4 Å². The van der Waals surface area contributed by atoms with E-state index in [4.69, 9.17) is 20.9 Å². The Bertz CT molecular complexity index is 608. The highest BCUT2D eigenvalue weighted by Crippen LogP contribution is 2.38. The molecule has 1 heterocycles. The maximum absolute atomic E-state index is 9.48. The lowest BCUT2D eigenvalue weighted by atomic mass is 10.1. The normalized spacial score (nSPS) is 16.1. The molecule has 1 unspecified atom stereocenters. The molecule has 3 rings (SSSR count). The Hall–Kier alpha value is -1.59. The molecule has 0 saturated heterocycles. The first-order chi connectivity index (χ1) is 9.63. The molecule has 1 aromatic carbocycles. The van der Waals surface area contributed by atoms with Crippen LogP contribution < -0.4 is 4.74 Å². The highest BCUT2D eigenvalue weighted by atomic mass is 35.5. The Labute approximate surface area is 121 Å². The Morgan fingerprint density at radius 2 is 2.30 bits per heavy atom. The van der Waals surface area contributed by atoms with E-state index in [0.717, 1.165) is 18.4 Å². The van der Waals surface area contributed by atoms with Gasteiger partial charge in [0.2, 0.25) is 11.7 Å². The molecule has 0 amide bonds. The maximum atomic E-state index is 9.48. The van der Waals surface area contributed by atoms with E-state index >= 15 is 0 Å². The Kier molecular flexibility index (Phi) is 3.63. The zero-order valence-electron chi connectivity index (χ0n) is 11.0. The molecule has 1 aliphatic carbocycles. The van der Waals surface area contributed by atoms with Gasteiger partial charge < -0.3 is 14.4 Å². The summed E-state index contributed by atoms with van der Waals surface area (Å²) in [5, 5.41) is 13.8. The molecule has 1 aliphatic rings. The summed E-state index contributed by atoms with van der Waals surface area (Å²) in [7, 11) is 0. The van der Waals surface area contributed by atoms with E-state index in [-0.39, 0.29) is 6.61 Å². The van der Waals surface area contributed by atoms with Gasteiger partial charge in [0.1, 0.15) is 5.75 Å². The average molecular weight is 295 g/mol. The molecule has 2 aromatic rings. The highest BCUT2D eigenvalue weighted by Gasteiger charge is 2.29. The zero-order chi connectivity index (χ0) is 14.1. The Balaban J connectivity index is 1.65. The largest absolute Gasteiger partial charge is 0.484 e. The molecule has 5 nitrogen and oxygen atoms in total. The lowest BCUT2D eigenvalue weighted by Gasteiger charge is -2.09. The summed E-state index contributed by atoms with van der Waals surface area (Å²) in [6.07, 6.45) is 1.68. The molecule has 1 N–H and O–H groups in total. The first kappa shape index (κ1) is 13.4. The van der Waals surface area contributed by atoms with Crippen LogP contribution in [-0.4, -0.2) is 15.2 Å². The van der Waals surface area contributed by atoms with Gasteiger partial charge in [-0.15, -0.1) is 0 Å². The summed E-state index contributed by atoms with van der Waals surface area (Å²) >= 11 is 6.10. The number of rotatable bonds is 5. The predicted octanol–water partition coefficient (Wildman–Crippen LogP) is 3.23. The summed E-state index contributed by atoms with van der Waals surface area (Å²) in [6.45, 7) is 1.90. The van der Waals surface area contributed by atoms with Gasteiger partial charge in [0.05, 0.1) is 11.1 Å². The second kappa shape index (κ2) is 5.42. The first-order valence-corrected chi connectivity index (χ1v) is 6.94. The van der Waals surface area contributed by atoms with Crippen LogP contribution in [-0.2, 0) is 6.61 Å². The summed E-state index contributed by atoms with van der Waals surface area (Å²) in [5.41, 5.74) is 0.748. The van der Waals surface area contributed by atoms with Crippen molar-refractivity contribution in [2.24, 2.45) is 0 Å². The molecule has 0 aliphatic heterocycles. The SMILES string of the molecule is CC(O)c1ccc(OCc2noc(C3CC3)n2)c(Cl)c1. The summed E-state index contributed by atoms with van der Waals surface area (Å²) in [5.74, 6) is 2.18. The number of hydrogen-bond donors (Lipinski definition) is 1. The molecule has 6 heteroatoms. The molecule has 1 fully saturated rings. The number of ether oxygens (including phenoxy) is 1. The number of nitrogens with zero attached hydrogens (tertiary/aromatic N) is 2. The second-order valence-corrected chi connectivity index (χ2v) is 5.38. The average Bonchev–Trinajstić information content (AvgIpc) is 3.17. The van der Waals surface area contributed by atoms with Gasteiger partial charge in [0.15, 0.2) is 6.61 Å². The van der Waals surface area contributed by atoms with Crippen LogP contribution in [0.4, 0.5) is 0 Å². The molecule has 0 spiro atoms. The van der Waals surface area contributed by atoms with Crippen LogP contribution in [0.2, 0.25) is 5.02 Å². The van der Waals surface area contributed by atoms with Gasteiger partial charge in [0, 0.05) is 5.92 Å². The van der Waals surface area contributed by atoms with Gasteiger partial charge in [-0.2, -0.15) is 4.98 Å². The fraction of sp³-hybridized carbons (Fsp3) is 0.429. The van der Waals surface area contributed by atoms with Crippen LogP contribution in [0, 0.1) is 0 Å². The number of aromatic nitrogens is 2. The fourth-order valence-electron chi connectivity index (χ4n) is 1.86. The highest BCUT2D eigenvalue weighted by molar-refractivity contribution is 6.32. The fourth-order valence-corrected chi connectivity index (χ4v) is 2.10. The second-order valence-electron chi connectivity index (χ2n) is 4.98. The van der Waals surface area contributed by atoms with Gasteiger partial charge in [-0.05, 0) is 37.5 Å². The van der Waals surface area contributed by atoms with E-state index in [1.54, 1.807) is 25.1 Å². The third kappa shape index (κ3) is 2.94. The molecule has 0 radical (unpaired) electrons. The van der Waals surface area contributed by atoms with Gasteiger partial charge >= 0.3 is 0 Å². The zero-order valence-corrected chi connectivity index (χ0v) is 11.8. The first-order valence-electron chi connectivity index (χ1n) is 6.56. The van der Waals surface area contributed by atoms with Crippen molar-refractivity contribution >= 4 is 11.6 Å². The molecule has 0 bridgehead atoms. The molecule has 1 aromatic heterocycles. The standard InChI is InChI=1S/C14H15ClN2O3/c1-8(18)10-4-5-12(11(15)6-10)19-7-13-16-14(20-17-13)9-2-3-9/h4-6,8-9,18H,2-3,7H2,1H3. The summed E-state index contributed by atoms with van der Waals surface area (Å²) in [6, 6.07) is 5.19. The third-order valence-electron chi connectivity index (χ3n) is 3.21. The number of aliphatic hydroxyl groups is 1. The number of halogens is 1. The van der Waals surface area contributed by atoms with E-state index in [9.17, 15) is 5.11 Å². The van der Waals surface area contributed by atoms with Crippen molar-refractivity contribution in [2.75, 3.05) is 0 Å². The predicted molar refractivity (Wildman–Crippen MR) is 72.7 cm³/mol. The van der Waals surface area contributed by atoms with E-state index < -0.39 is 6.10 Å². The molecular weight excluding hydrogens is 280 g/mol. The van der Waals surface area contributed by atoms with Crippen molar-refractivity contribution in [3.8, 4) is 5.75 Å². The van der Waals surface area contributed by atoms with E-state index in [2.05, 4.69) is 10.1 Å². The molecular formula is C14H15ClN2O3. The van der Waals surface area contributed by atoms with Crippen LogP contribution in [0.25, 0.3) is 0 Å². The topological polar surface area (TPSA) is 68.4 Å². The van der Waals surface area contributed by atoms with Crippen molar-refractivity contribution in [2.45, 2.75) is 38.4 Å².